The lowest BCUT2D eigenvalue weighted by atomic mass is 9.43. The minimum Gasteiger partial charge on any atom is -0.504 e. The molecule has 126 valence electrons. The van der Waals surface area contributed by atoms with E-state index in [-0.39, 0.29) is 28.3 Å². The van der Waals surface area contributed by atoms with Gasteiger partial charge in [-0.2, -0.15) is 0 Å². The lowest BCUT2D eigenvalue weighted by Gasteiger charge is -2.60. The minimum atomic E-state index is -0.713. The molecular formula is C19H26O4. The average Bonchev–Trinajstić information content (AvgIpc) is 2.49. The van der Waals surface area contributed by atoms with Gasteiger partial charge in [-0.25, -0.2) is 0 Å². The number of carboxylic acid groups (broad SMARTS) is 1. The summed E-state index contributed by atoms with van der Waals surface area (Å²) >= 11 is 0. The normalized spacial score (nSPS) is 46.7. The number of aliphatic carboxylic acids is 1. The molecule has 0 heterocycles. The number of aliphatic hydroxyl groups is 1. The van der Waals surface area contributed by atoms with Crippen LogP contribution >= 0.6 is 0 Å². The van der Waals surface area contributed by atoms with E-state index < -0.39 is 11.4 Å². The van der Waals surface area contributed by atoms with E-state index in [1.165, 1.54) is 0 Å². The van der Waals surface area contributed by atoms with Gasteiger partial charge in [0.05, 0.1) is 5.41 Å². The van der Waals surface area contributed by atoms with Crippen molar-refractivity contribution in [3.63, 3.8) is 0 Å². The van der Waals surface area contributed by atoms with Crippen molar-refractivity contribution < 1.29 is 19.8 Å². The van der Waals surface area contributed by atoms with Crippen molar-refractivity contribution in [3.8, 4) is 0 Å². The second kappa shape index (κ2) is 4.71. The van der Waals surface area contributed by atoms with E-state index in [9.17, 15) is 19.8 Å². The monoisotopic (exact) mass is 318 g/mol. The maximum Gasteiger partial charge on any atom is 0.309 e. The quantitative estimate of drug-likeness (QED) is 0.719. The lowest BCUT2D eigenvalue weighted by Crippen LogP contribution is -2.55. The molecule has 4 nitrogen and oxygen atoms in total. The molecule has 2 saturated carbocycles. The predicted octanol–water partition coefficient (Wildman–Crippen LogP) is 3.88. The first-order valence-corrected chi connectivity index (χ1v) is 8.43. The van der Waals surface area contributed by atoms with E-state index in [1.807, 2.05) is 6.92 Å². The van der Waals surface area contributed by atoms with Crippen LogP contribution in [0.25, 0.3) is 0 Å². The second-order valence-electron chi connectivity index (χ2n) is 8.57. The second-order valence-corrected chi connectivity index (χ2v) is 8.57. The van der Waals surface area contributed by atoms with Crippen LogP contribution in [0.15, 0.2) is 24.0 Å². The van der Waals surface area contributed by atoms with Gasteiger partial charge < -0.3 is 10.2 Å². The Hall–Kier alpha value is -1.58. The number of carboxylic acids is 1. The van der Waals surface area contributed by atoms with Crippen molar-refractivity contribution in [2.24, 2.45) is 28.1 Å². The molecule has 0 bridgehead atoms. The maximum atomic E-state index is 12.1. The molecule has 3 rings (SSSR count). The van der Waals surface area contributed by atoms with Gasteiger partial charge in [-0.05, 0) is 62.4 Å². The Balaban J connectivity index is 2.02. The number of carbonyl (C=O) groups excluding carboxylic acids is 1. The van der Waals surface area contributed by atoms with Gasteiger partial charge in [0.25, 0.3) is 0 Å². The molecule has 0 amide bonds. The Labute approximate surface area is 137 Å². The highest BCUT2D eigenvalue weighted by atomic mass is 16.4. The molecule has 2 N–H and O–H groups in total. The Morgan fingerprint density at radius 2 is 1.91 bits per heavy atom. The standard InChI is InChI=1S/C19H26O4/c1-11-15(21)13(20)9-14-18(11,3)6-5-12-10-17(2,16(22)23)7-8-19(12,14)4/h9,12,14,20H,1,5-8,10H2,2-4H3,(H,22,23)/t12-,14-,17-,18+,19-/m1/s1. The summed E-state index contributed by atoms with van der Waals surface area (Å²) in [5.74, 6) is -0.907. The molecule has 3 aliphatic carbocycles. The molecule has 0 radical (unpaired) electrons. The van der Waals surface area contributed by atoms with Crippen LogP contribution in [0.3, 0.4) is 0 Å². The summed E-state index contributed by atoms with van der Waals surface area (Å²) in [5, 5.41) is 19.6. The summed E-state index contributed by atoms with van der Waals surface area (Å²) in [7, 11) is 0. The van der Waals surface area contributed by atoms with Gasteiger partial charge in [0.1, 0.15) is 0 Å². The van der Waals surface area contributed by atoms with Gasteiger partial charge in [-0.15, -0.1) is 0 Å². The summed E-state index contributed by atoms with van der Waals surface area (Å²) < 4.78 is 0. The van der Waals surface area contributed by atoms with Crippen LogP contribution in [-0.2, 0) is 9.59 Å². The fraction of sp³-hybridized carbons (Fsp3) is 0.684. The summed E-state index contributed by atoms with van der Waals surface area (Å²) in [6.07, 6.45) is 5.56. The first-order chi connectivity index (χ1) is 10.5. The Bertz CT molecular complexity index is 633. The topological polar surface area (TPSA) is 74.6 Å². The molecule has 5 atom stereocenters. The predicted molar refractivity (Wildman–Crippen MR) is 86.9 cm³/mol. The molecule has 0 aromatic heterocycles. The van der Waals surface area contributed by atoms with Crippen molar-refractivity contribution >= 4 is 11.8 Å². The number of aliphatic hydroxyl groups excluding tert-OH is 1. The summed E-state index contributed by atoms with van der Waals surface area (Å²) in [6, 6.07) is 0. The van der Waals surface area contributed by atoms with E-state index in [4.69, 9.17) is 0 Å². The molecule has 23 heavy (non-hydrogen) atoms. The van der Waals surface area contributed by atoms with E-state index in [0.29, 0.717) is 24.3 Å². The summed E-state index contributed by atoms with van der Waals surface area (Å²) in [5.41, 5.74) is -0.579. The number of carbonyl (C=O) groups is 2. The van der Waals surface area contributed by atoms with E-state index in [1.54, 1.807) is 6.08 Å². The van der Waals surface area contributed by atoms with E-state index in [0.717, 1.165) is 19.3 Å². The lowest BCUT2D eigenvalue weighted by molar-refractivity contribution is -0.158. The molecule has 0 unspecified atom stereocenters. The third-order valence-electron chi connectivity index (χ3n) is 7.29. The number of rotatable bonds is 1. The maximum absolute atomic E-state index is 12.1. The number of Topliss-reactive ketones (excluding diaryl/α,β-unsaturated/α-hetero) is 1. The van der Waals surface area contributed by atoms with Crippen molar-refractivity contribution in [1.29, 1.82) is 0 Å². The fourth-order valence-electron chi connectivity index (χ4n) is 5.38. The van der Waals surface area contributed by atoms with Crippen LogP contribution in [0.5, 0.6) is 0 Å². The molecule has 0 aromatic rings. The zero-order valence-electron chi connectivity index (χ0n) is 14.2. The van der Waals surface area contributed by atoms with Crippen molar-refractivity contribution in [2.75, 3.05) is 0 Å². The molecule has 0 spiro atoms. The summed E-state index contributed by atoms with van der Waals surface area (Å²) in [6.45, 7) is 10.1. The van der Waals surface area contributed by atoms with Crippen LogP contribution in [0.4, 0.5) is 0 Å². The molecule has 0 aromatic carbocycles. The molecule has 3 aliphatic rings. The molecule has 0 aliphatic heterocycles. The third-order valence-corrected chi connectivity index (χ3v) is 7.29. The highest BCUT2D eigenvalue weighted by Crippen LogP contribution is 2.65. The number of allylic oxidation sites excluding steroid dienone is 2. The number of ketones is 1. The fourth-order valence-corrected chi connectivity index (χ4v) is 5.38. The SMILES string of the molecule is C=C1C(=O)C(O)=C[C@H]2[C@]3(C)CC[C@@](C)(C(=O)O)C[C@H]3CC[C@@]12C. The van der Waals surface area contributed by atoms with Gasteiger partial charge in [0, 0.05) is 11.0 Å². The number of hydrogen-bond donors (Lipinski definition) is 2. The Kier molecular flexibility index (Phi) is 3.34. The minimum absolute atomic E-state index is 0.0392. The van der Waals surface area contributed by atoms with Gasteiger partial charge in [0.2, 0.25) is 5.78 Å². The van der Waals surface area contributed by atoms with Crippen molar-refractivity contribution in [2.45, 2.75) is 52.9 Å². The third kappa shape index (κ3) is 2.03. The van der Waals surface area contributed by atoms with Crippen LogP contribution in [0.1, 0.15) is 52.9 Å². The summed E-state index contributed by atoms with van der Waals surface area (Å²) in [4.78, 5) is 23.8. The smallest absolute Gasteiger partial charge is 0.309 e. The largest absolute Gasteiger partial charge is 0.504 e. The van der Waals surface area contributed by atoms with E-state index >= 15 is 0 Å². The van der Waals surface area contributed by atoms with Crippen LogP contribution in [0.2, 0.25) is 0 Å². The molecule has 2 fully saturated rings. The molecule has 0 saturated heterocycles. The zero-order valence-corrected chi connectivity index (χ0v) is 14.2. The first kappa shape index (κ1) is 16.3. The van der Waals surface area contributed by atoms with Crippen molar-refractivity contribution in [3.05, 3.63) is 24.0 Å². The van der Waals surface area contributed by atoms with Crippen LogP contribution in [0, 0.1) is 28.1 Å². The number of fused-ring (bicyclic) bond motifs is 3. The zero-order chi connectivity index (χ0) is 17.2. The Morgan fingerprint density at radius 1 is 1.26 bits per heavy atom. The Morgan fingerprint density at radius 3 is 2.52 bits per heavy atom. The van der Waals surface area contributed by atoms with Gasteiger partial charge in [0.15, 0.2) is 5.76 Å². The molecular weight excluding hydrogens is 292 g/mol. The highest BCUT2D eigenvalue weighted by molar-refractivity contribution is 6.08. The van der Waals surface area contributed by atoms with Gasteiger partial charge in [-0.1, -0.05) is 20.4 Å². The van der Waals surface area contributed by atoms with Crippen LogP contribution in [-0.4, -0.2) is 22.0 Å². The highest BCUT2D eigenvalue weighted by Gasteiger charge is 2.60. The van der Waals surface area contributed by atoms with Crippen LogP contribution < -0.4 is 0 Å². The van der Waals surface area contributed by atoms with E-state index in [2.05, 4.69) is 20.4 Å². The number of hydrogen-bond acceptors (Lipinski definition) is 3. The average molecular weight is 318 g/mol. The van der Waals surface area contributed by atoms with Gasteiger partial charge >= 0.3 is 5.97 Å². The first-order valence-electron chi connectivity index (χ1n) is 8.43. The molecule has 4 heteroatoms. The van der Waals surface area contributed by atoms with Crippen molar-refractivity contribution in [1.82, 2.24) is 0 Å². The van der Waals surface area contributed by atoms with Gasteiger partial charge in [-0.3, -0.25) is 9.59 Å².